The molecular formula is C34H36FN7O2. The number of pyridine rings is 1. The Bertz CT molecular complexity index is 1790. The minimum Gasteiger partial charge on any atom is -0.455 e. The molecule has 1 aliphatic rings. The van der Waals surface area contributed by atoms with Crippen LogP contribution in [0.15, 0.2) is 73.1 Å². The molecule has 2 aromatic carbocycles. The Kier molecular flexibility index (Phi) is 8.09. The third-order valence-corrected chi connectivity index (χ3v) is 7.80. The lowest BCUT2D eigenvalue weighted by Crippen LogP contribution is -2.44. The molecule has 0 aliphatic carbocycles. The molecule has 0 N–H and O–H groups in total. The highest BCUT2D eigenvalue weighted by molar-refractivity contribution is 5.83. The first-order valence-electron chi connectivity index (χ1n) is 14.8. The molecule has 0 unspecified atom stereocenters. The first kappa shape index (κ1) is 29.4. The highest BCUT2D eigenvalue weighted by Gasteiger charge is 2.22. The summed E-state index contributed by atoms with van der Waals surface area (Å²) in [5.74, 6) is 0.885. The van der Waals surface area contributed by atoms with Gasteiger partial charge in [0.25, 0.3) is 0 Å². The van der Waals surface area contributed by atoms with Crippen molar-refractivity contribution in [3.63, 3.8) is 0 Å². The number of Topliss-reactive ketones (excluding diaryl/α,β-unsaturated/α-hetero) is 1. The number of rotatable bonds is 8. The lowest BCUT2D eigenvalue weighted by Gasteiger charge is -2.32. The van der Waals surface area contributed by atoms with E-state index in [9.17, 15) is 4.79 Å². The minimum atomic E-state index is -0.510. The molecule has 0 amide bonds. The van der Waals surface area contributed by atoms with E-state index in [2.05, 4.69) is 47.6 Å². The monoisotopic (exact) mass is 593 g/mol. The van der Waals surface area contributed by atoms with E-state index in [0.717, 1.165) is 49.1 Å². The molecule has 1 saturated heterocycles. The molecule has 1 fully saturated rings. The fraction of sp³-hybridized carbons (Fsp3) is 0.324. The summed E-state index contributed by atoms with van der Waals surface area (Å²) in [6.45, 7) is 9.92. The van der Waals surface area contributed by atoms with Gasteiger partial charge < -0.3 is 14.5 Å². The minimum absolute atomic E-state index is 0.0460. The normalized spacial score (nSPS) is 14.2. The van der Waals surface area contributed by atoms with Crippen LogP contribution in [0.4, 0.5) is 10.2 Å². The van der Waals surface area contributed by atoms with Crippen LogP contribution in [-0.2, 0) is 23.1 Å². The lowest BCUT2D eigenvalue weighted by atomic mass is 9.92. The number of likely N-dealkylation sites (N-methyl/N-ethyl adjacent to an activating group) is 1. The van der Waals surface area contributed by atoms with Gasteiger partial charge in [-0.3, -0.25) is 4.79 Å². The average molecular weight is 594 g/mol. The van der Waals surface area contributed by atoms with Crippen molar-refractivity contribution in [3.05, 3.63) is 95.8 Å². The van der Waals surface area contributed by atoms with Gasteiger partial charge in [0.05, 0.1) is 23.3 Å². The molecule has 0 bridgehead atoms. The van der Waals surface area contributed by atoms with E-state index in [-0.39, 0.29) is 24.0 Å². The number of hydrogen-bond acceptors (Lipinski definition) is 8. The van der Waals surface area contributed by atoms with Crippen LogP contribution < -0.4 is 9.64 Å². The van der Waals surface area contributed by atoms with Gasteiger partial charge in [0.1, 0.15) is 23.2 Å². The van der Waals surface area contributed by atoms with Crippen molar-refractivity contribution in [2.75, 3.05) is 38.1 Å². The number of benzene rings is 2. The smallest absolute Gasteiger partial charge is 0.184 e. The first-order chi connectivity index (χ1) is 21.1. The van der Waals surface area contributed by atoms with Crippen molar-refractivity contribution in [3.8, 4) is 17.2 Å². The molecule has 4 heterocycles. The molecule has 6 rings (SSSR count). The summed E-state index contributed by atoms with van der Waals surface area (Å²) in [5.41, 5.74) is 3.62. The number of hydrogen-bond donors (Lipinski definition) is 0. The number of ether oxygens (including phenoxy) is 1. The topological polar surface area (TPSA) is 89.3 Å². The molecule has 9 nitrogen and oxygen atoms in total. The number of ketones is 1. The standard InChI is InChI=1S/C34H36FN7O2/c1-34(2,3)30-20-25(42(39-30)24-8-6-5-7-9-24)19-26(43)18-23-10-11-27(21-28(23)35)44-29-12-13-36-33-32(29)37-22-31(38-33)41-16-14-40(4)15-17-41/h5-13,20-22H,14-19H2,1-4H3. The van der Waals surface area contributed by atoms with Gasteiger partial charge in [-0.25, -0.2) is 24.0 Å². The molecule has 44 heavy (non-hydrogen) atoms. The molecule has 0 atom stereocenters. The molecule has 0 radical (unpaired) electrons. The zero-order chi connectivity index (χ0) is 30.8. The van der Waals surface area contributed by atoms with Gasteiger partial charge in [-0.2, -0.15) is 5.10 Å². The van der Waals surface area contributed by atoms with E-state index in [0.29, 0.717) is 28.2 Å². The Morgan fingerprint density at radius 1 is 0.955 bits per heavy atom. The summed E-state index contributed by atoms with van der Waals surface area (Å²) >= 11 is 0. The number of nitrogens with zero attached hydrogens (tertiary/aromatic N) is 7. The number of aromatic nitrogens is 5. The van der Waals surface area contributed by atoms with E-state index < -0.39 is 5.82 Å². The van der Waals surface area contributed by atoms with Crippen molar-refractivity contribution in [2.45, 2.75) is 39.0 Å². The molecular weight excluding hydrogens is 557 g/mol. The van der Waals surface area contributed by atoms with Gasteiger partial charge in [0, 0.05) is 62.8 Å². The fourth-order valence-electron chi connectivity index (χ4n) is 5.20. The number of anilines is 1. The van der Waals surface area contributed by atoms with Crippen molar-refractivity contribution in [2.24, 2.45) is 0 Å². The van der Waals surface area contributed by atoms with Crippen LogP contribution in [0, 0.1) is 5.82 Å². The summed E-state index contributed by atoms with van der Waals surface area (Å²) in [5, 5.41) is 4.79. The van der Waals surface area contributed by atoms with Crippen molar-refractivity contribution in [1.82, 2.24) is 29.6 Å². The maximum Gasteiger partial charge on any atom is 0.184 e. The van der Waals surface area contributed by atoms with Gasteiger partial charge in [0.2, 0.25) is 0 Å². The van der Waals surface area contributed by atoms with Crippen molar-refractivity contribution >= 4 is 22.8 Å². The van der Waals surface area contributed by atoms with Gasteiger partial charge in [-0.1, -0.05) is 45.0 Å². The third-order valence-electron chi connectivity index (χ3n) is 7.80. The van der Waals surface area contributed by atoms with Gasteiger partial charge in [-0.15, -0.1) is 0 Å². The highest BCUT2D eigenvalue weighted by Crippen LogP contribution is 2.30. The maximum absolute atomic E-state index is 15.3. The van der Waals surface area contributed by atoms with Gasteiger partial charge in [0.15, 0.2) is 16.9 Å². The van der Waals surface area contributed by atoms with E-state index in [1.54, 1.807) is 30.6 Å². The Hall–Kier alpha value is -4.70. The lowest BCUT2D eigenvalue weighted by molar-refractivity contribution is -0.117. The van der Waals surface area contributed by atoms with Crippen LogP contribution in [0.2, 0.25) is 0 Å². The first-order valence-corrected chi connectivity index (χ1v) is 14.8. The van der Waals surface area contributed by atoms with E-state index >= 15 is 4.39 Å². The number of para-hydroxylation sites is 1. The van der Waals surface area contributed by atoms with E-state index in [1.165, 1.54) is 6.07 Å². The van der Waals surface area contributed by atoms with Crippen LogP contribution >= 0.6 is 0 Å². The van der Waals surface area contributed by atoms with Gasteiger partial charge in [-0.05, 0) is 36.9 Å². The Morgan fingerprint density at radius 2 is 1.73 bits per heavy atom. The quantitative estimate of drug-likeness (QED) is 0.232. The Balaban J connectivity index is 1.16. The number of halogens is 1. The second kappa shape index (κ2) is 12.1. The number of carbonyl (C=O) groups is 1. The SMILES string of the molecule is CN1CCN(c2cnc3c(Oc4ccc(CC(=O)Cc5cc(C(C)(C)C)nn5-c5ccccc5)c(F)c4)ccnc3n2)CC1. The maximum atomic E-state index is 15.3. The molecule has 0 spiro atoms. The third kappa shape index (κ3) is 6.45. The molecule has 1 aliphatic heterocycles. The second-order valence-electron chi connectivity index (χ2n) is 12.3. The molecule has 0 saturated carbocycles. The Morgan fingerprint density at radius 3 is 2.45 bits per heavy atom. The predicted molar refractivity (Wildman–Crippen MR) is 168 cm³/mol. The van der Waals surface area contributed by atoms with Crippen LogP contribution in [0.25, 0.3) is 16.9 Å². The fourth-order valence-corrected chi connectivity index (χ4v) is 5.20. The molecule has 3 aromatic heterocycles. The summed E-state index contributed by atoms with van der Waals surface area (Å²) in [7, 11) is 2.10. The van der Waals surface area contributed by atoms with Crippen LogP contribution in [0.5, 0.6) is 11.5 Å². The van der Waals surface area contributed by atoms with Crippen molar-refractivity contribution < 1.29 is 13.9 Å². The highest BCUT2D eigenvalue weighted by atomic mass is 19.1. The zero-order valence-corrected chi connectivity index (χ0v) is 25.5. The van der Waals surface area contributed by atoms with Gasteiger partial charge >= 0.3 is 0 Å². The summed E-state index contributed by atoms with van der Waals surface area (Å²) < 4.78 is 23.1. The number of carbonyl (C=O) groups excluding carboxylic acids is 1. The summed E-state index contributed by atoms with van der Waals surface area (Å²) in [6, 6.07) is 17.9. The molecule has 5 aromatic rings. The largest absolute Gasteiger partial charge is 0.455 e. The number of fused-ring (bicyclic) bond motifs is 1. The zero-order valence-electron chi connectivity index (χ0n) is 25.5. The Labute approximate surface area is 256 Å². The summed E-state index contributed by atoms with van der Waals surface area (Å²) in [4.78, 5) is 31.3. The van der Waals surface area contributed by atoms with Crippen LogP contribution in [0.1, 0.15) is 37.7 Å². The van der Waals surface area contributed by atoms with E-state index in [4.69, 9.17) is 14.8 Å². The number of piperazine rings is 1. The van der Waals surface area contributed by atoms with Crippen LogP contribution in [-0.4, -0.2) is 68.6 Å². The van der Waals surface area contributed by atoms with E-state index in [1.807, 2.05) is 41.1 Å². The predicted octanol–water partition coefficient (Wildman–Crippen LogP) is 5.55. The average Bonchev–Trinajstić information content (AvgIpc) is 3.44. The molecule has 10 heteroatoms. The summed E-state index contributed by atoms with van der Waals surface area (Å²) in [6.07, 6.45) is 3.42. The van der Waals surface area contributed by atoms with Crippen molar-refractivity contribution in [1.29, 1.82) is 0 Å². The molecule has 226 valence electrons. The second-order valence-corrected chi connectivity index (χ2v) is 12.3. The van der Waals surface area contributed by atoms with Crippen LogP contribution in [0.3, 0.4) is 0 Å².